The number of pyridine rings is 1. The van der Waals surface area contributed by atoms with Gasteiger partial charge in [0, 0.05) is 36.7 Å². The minimum atomic E-state index is -0.554. The second kappa shape index (κ2) is 9.54. The highest BCUT2D eigenvalue weighted by Gasteiger charge is 2.17. The summed E-state index contributed by atoms with van der Waals surface area (Å²) in [5, 5.41) is 0. The van der Waals surface area contributed by atoms with Gasteiger partial charge in [-0.3, -0.25) is 0 Å². The molecule has 1 aromatic carbocycles. The number of aromatic nitrogens is 3. The molecule has 2 N–H and O–H groups in total. The highest BCUT2D eigenvalue weighted by atomic mass is 32.2. The van der Waals surface area contributed by atoms with Crippen molar-refractivity contribution in [2.24, 2.45) is 0 Å². The summed E-state index contributed by atoms with van der Waals surface area (Å²) in [6, 6.07) is 3.70. The van der Waals surface area contributed by atoms with Crippen molar-refractivity contribution in [3.63, 3.8) is 0 Å². The third-order valence-corrected chi connectivity index (χ3v) is 6.07. The van der Waals surface area contributed by atoms with Gasteiger partial charge in [-0.15, -0.1) is 11.8 Å². The van der Waals surface area contributed by atoms with Gasteiger partial charge in [0.2, 0.25) is 0 Å². The van der Waals surface area contributed by atoms with E-state index in [0.717, 1.165) is 59.3 Å². The number of hydrogen-bond donors (Lipinski definition) is 1. The van der Waals surface area contributed by atoms with E-state index in [1.54, 1.807) is 7.11 Å². The zero-order valence-electron chi connectivity index (χ0n) is 17.0. The van der Waals surface area contributed by atoms with Crippen LogP contribution in [0.1, 0.15) is 29.9 Å². The highest BCUT2D eigenvalue weighted by molar-refractivity contribution is 7.99. The summed E-state index contributed by atoms with van der Waals surface area (Å²) in [5.41, 5.74) is 9.86. The molecule has 29 heavy (non-hydrogen) atoms. The first kappa shape index (κ1) is 21.5. The van der Waals surface area contributed by atoms with Crippen molar-refractivity contribution >= 4 is 28.6 Å². The van der Waals surface area contributed by atoms with Crippen LogP contribution >= 0.6 is 11.8 Å². The maximum Gasteiger partial charge on any atom is 0.151 e. The number of hydrogen-bond acceptors (Lipinski definition) is 5. The number of nitrogens with zero attached hydrogens (tertiary/aromatic N) is 3. The SMILES string of the molecule is COCCc1nc2c(N)nc(C)c(C)c2n1CCCCSc1ccc(F)cc1F. The van der Waals surface area contributed by atoms with Gasteiger partial charge >= 0.3 is 0 Å². The molecule has 8 heteroatoms. The Kier molecular flexibility index (Phi) is 7.08. The molecule has 0 amide bonds. The smallest absolute Gasteiger partial charge is 0.151 e. The van der Waals surface area contributed by atoms with E-state index in [1.807, 2.05) is 13.8 Å². The molecule has 5 nitrogen and oxygen atoms in total. The summed E-state index contributed by atoms with van der Waals surface area (Å²) in [5.74, 6) is 1.07. The first-order valence-electron chi connectivity index (χ1n) is 9.61. The monoisotopic (exact) mass is 420 g/mol. The minimum Gasteiger partial charge on any atom is -0.384 e. The van der Waals surface area contributed by atoms with Crippen molar-refractivity contribution < 1.29 is 13.5 Å². The molecule has 0 radical (unpaired) electrons. The number of nitrogens with two attached hydrogens (primary N) is 1. The average Bonchev–Trinajstić information content (AvgIpc) is 3.05. The zero-order chi connectivity index (χ0) is 21.0. The summed E-state index contributed by atoms with van der Waals surface area (Å²) in [4.78, 5) is 9.60. The van der Waals surface area contributed by atoms with Gasteiger partial charge in [0.25, 0.3) is 0 Å². The standard InChI is InChI=1S/C21H26F2N4OS/c1-13-14(2)25-21(24)19-20(13)27(18(26-19)8-10-28-3)9-4-5-11-29-17-7-6-15(22)12-16(17)23/h6-7,12H,4-5,8-11H2,1-3H3,(H2,24,25). The zero-order valence-corrected chi connectivity index (χ0v) is 17.8. The molecule has 0 saturated heterocycles. The third kappa shape index (κ3) is 4.87. The summed E-state index contributed by atoms with van der Waals surface area (Å²) in [6.07, 6.45) is 2.49. The molecule has 2 heterocycles. The molecule has 156 valence electrons. The molecule has 0 unspecified atom stereocenters. The molecule has 0 atom stereocenters. The number of methoxy groups -OCH3 is 1. The van der Waals surface area contributed by atoms with E-state index >= 15 is 0 Å². The lowest BCUT2D eigenvalue weighted by Crippen LogP contribution is -2.08. The van der Waals surface area contributed by atoms with E-state index in [4.69, 9.17) is 15.5 Å². The largest absolute Gasteiger partial charge is 0.384 e. The summed E-state index contributed by atoms with van der Waals surface area (Å²) >= 11 is 1.41. The van der Waals surface area contributed by atoms with Gasteiger partial charge < -0.3 is 15.0 Å². The number of ether oxygens (including phenoxy) is 1. The van der Waals surface area contributed by atoms with Gasteiger partial charge in [0.05, 0.1) is 12.1 Å². The average molecular weight is 421 g/mol. The van der Waals surface area contributed by atoms with E-state index in [9.17, 15) is 8.78 Å². The lowest BCUT2D eigenvalue weighted by Gasteiger charge is -2.12. The van der Waals surface area contributed by atoms with Crippen molar-refractivity contribution in [1.29, 1.82) is 0 Å². The van der Waals surface area contributed by atoms with E-state index in [1.165, 1.54) is 23.9 Å². The maximum absolute atomic E-state index is 13.7. The summed E-state index contributed by atoms with van der Waals surface area (Å²) < 4.78 is 34.2. The Morgan fingerprint density at radius 2 is 1.97 bits per heavy atom. The van der Waals surface area contributed by atoms with Crippen molar-refractivity contribution in [3.05, 3.63) is 46.9 Å². The second-order valence-electron chi connectivity index (χ2n) is 6.96. The van der Waals surface area contributed by atoms with Gasteiger partial charge in [-0.05, 0) is 50.1 Å². The van der Waals surface area contributed by atoms with Crippen LogP contribution in [-0.4, -0.2) is 34.0 Å². The van der Waals surface area contributed by atoms with E-state index in [2.05, 4.69) is 9.55 Å². The quantitative estimate of drug-likeness (QED) is 0.403. The number of aryl methyl sites for hydroxylation is 3. The van der Waals surface area contributed by atoms with Crippen LogP contribution in [0.3, 0.4) is 0 Å². The number of unbranched alkanes of at least 4 members (excludes halogenated alkanes) is 1. The van der Waals surface area contributed by atoms with Crippen LogP contribution in [0.4, 0.5) is 14.6 Å². The Balaban J connectivity index is 1.71. The van der Waals surface area contributed by atoms with Crippen LogP contribution < -0.4 is 5.73 Å². The van der Waals surface area contributed by atoms with Crippen LogP contribution in [0.2, 0.25) is 0 Å². The van der Waals surface area contributed by atoms with Crippen LogP contribution in [0, 0.1) is 25.5 Å². The number of rotatable bonds is 9. The van der Waals surface area contributed by atoms with Gasteiger partial charge in [-0.2, -0.15) is 0 Å². The fourth-order valence-electron chi connectivity index (χ4n) is 3.32. The lowest BCUT2D eigenvalue weighted by molar-refractivity contribution is 0.199. The van der Waals surface area contributed by atoms with Crippen LogP contribution in [0.25, 0.3) is 11.0 Å². The van der Waals surface area contributed by atoms with Crippen LogP contribution in [-0.2, 0) is 17.7 Å². The van der Waals surface area contributed by atoms with Crippen molar-refractivity contribution in [3.8, 4) is 0 Å². The molecule has 0 saturated carbocycles. The third-order valence-electron chi connectivity index (χ3n) is 4.93. The Bertz CT molecular complexity index is 1010. The predicted molar refractivity (Wildman–Crippen MR) is 113 cm³/mol. The molecule has 0 bridgehead atoms. The number of benzene rings is 1. The maximum atomic E-state index is 13.7. The van der Waals surface area contributed by atoms with Gasteiger partial charge in [-0.25, -0.2) is 18.7 Å². The molecule has 0 aliphatic carbocycles. The number of halogens is 2. The molecule has 3 aromatic rings. The summed E-state index contributed by atoms with van der Waals surface area (Å²) in [7, 11) is 1.67. The second-order valence-corrected chi connectivity index (χ2v) is 8.09. The first-order valence-corrected chi connectivity index (χ1v) is 10.6. The number of anilines is 1. The molecule has 0 fully saturated rings. The number of fused-ring (bicyclic) bond motifs is 1. The molecule has 0 spiro atoms. The Hall–Kier alpha value is -2.19. The number of thioether (sulfide) groups is 1. The van der Waals surface area contributed by atoms with Crippen LogP contribution in [0.15, 0.2) is 23.1 Å². The fourth-order valence-corrected chi connectivity index (χ4v) is 4.25. The topological polar surface area (TPSA) is 66.0 Å². The predicted octanol–water partition coefficient (Wildman–Crippen LogP) is 4.67. The fraction of sp³-hybridized carbons (Fsp3) is 0.429. The number of imidazole rings is 1. The van der Waals surface area contributed by atoms with Crippen molar-refractivity contribution in [1.82, 2.24) is 14.5 Å². The van der Waals surface area contributed by atoms with E-state index < -0.39 is 11.6 Å². The molecular weight excluding hydrogens is 394 g/mol. The van der Waals surface area contributed by atoms with Gasteiger partial charge in [0.1, 0.15) is 23.0 Å². The lowest BCUT2D eigenvalue weighted by atomic mass is 10.2. The molecule has 3 rings (SSSR count). The highest BCUT2D eigenvalue weighted by Crippen LogP contribution is 2.27. The normalized spacial score (nSPS) is 11.5. The molecule has 0 aliphatic heterocycles. The first-order chi connectivity index (χ1) is 13.9. The molecule has 0 aliphatic rings. The van der Waals surface area contributed by atoms with Crippen molar-refractivity contribution in [2.75, 3.05) is 25.2 Å². The van der Waals surface area contributed by atoms with Gasteiger partial charge in [0.15, 0.2) is 5.82 Å². The molecule has 2 aromatic heterocycles. The van der Waals surface area contributed by atoms with Crippen LogP contribution in [0.5, 0.6) is 0 Å². The number of nitrogen functional groups attached to an aromatic ring is 1. The minimum absolute atomic E-state index is 0.447. The van der Waals surface area contributed by atoms with E-state index in [0.29, 0.717) is 23.7 Å². The Labute approximate surface area is 173 Å². The Morgan fingerprint density at radius 3 is 2.69 bits per heavy atom. The van der Waals surface area contributed by atoms with Gasteiger partial charge in [-0.1, -0.05) is 0 Å². The van der Waals surface area contributed by atoms with E-state index in [-0.39, 0.29) is 0 Å². The summed E-state index contributed by atoms with van der Waals surface area (Å²) in [6.45, 7) is 5.35. The van der Waals surface area contributed by atoms with Crippen molar-refractivity contribution in [2.45, 2.75) is 44.6 Å². The Morgan fingerprint density at radius 1 is 1.17 bits per heavy atom. The molecular formula is C21H26F2N4OS.